The van der Waals surface area contributed by atoms with Gasteiger partial charge in [-0.2, -0.15) is 0 Å². The number of nitrogens with one attached hydrogen (secondary N) is 1. The molecule has 1 N–H and O–H groups in total. The van der Waals surface area contributed by atoms with Gasteiger partial charge in [-0.3, -0.25) is 14.7 Å². The van der Waals surface area contributed by atoms with Gasteiger partial charge in [0.05, 0.1) is 18.4 Å². The molecule has 3 atom stereocenters. The van der Waals surface area contributed by atoms with Crippen molar-refractivity contribution < 1.29 is 14.3 Å². The van der Waals surface area contributed by atoms with Crippen LogP contribution in [0.1, 0.15) is 24.2 Å². The number of aryl methyl sites for hydroxylation is 1. The van der Waals surface area contributed by atoms with Crippen molar-refractivity contribution in [3.8, 4) is 0 Å². The number of rotatable bonds is 6. The lowest BCUT2D eigenvalue weighted by Crippen LogP contribution is -2.53. The summed E-state index contributed by atoms with van der Waals surface area (Å²) in [6.45, 7) is 6.55. The minimum atomic E-state index is 0.0314. The van der Waals surface area contributed by atoms with Gasteiger partial charge in [0.25, 0.3) is 0 Å². The Balaban J connectivity index is 1.61. The molecule has 2 fully saturated rings. The predicted octanol–water partition coefficient (Wildman–Crippen LogP) is 1.38. The highest BCUT2D eigenvalue weighted by atomic mass is 16.5. The fraction of sp³-hybridized carbons (Fsp3) is 0.684. The van der Waals surface area contributed by atoms with E-state index in [1.165, 1.54) is 0 Å². The van der Waals surface area contributed by atoms with Crippen LogP contribution >= 0.6 is 0 Å². The summed E-state index contributed by atoms with van der Waals surface area (Å²) in [5.41, 5.74) is 2.14. The third-order valence-corrected chi connectivity index (χ3v) is 5.23. The molecule has 3 rings (SSSR count). The zero-order valence-corrected chi connectivity index (χ0v) is 15.2. The Labute approximate surface area is 149 Å². The van der Waals surface area contributed by atoms with Crippen LogP contribution in [0.25, 0.3) is 0 Å². The summed E-state index contributed by atoms with van der Waals surface area (Å²) < 4.78 is 11.0. The number of amides is 1. The van der Waals surface area contributed by atoms with Crippen molar-refractivity contribution in [1.82, 2.24) is 15.2 Å². The fourth-order valence-corrected chi connectivity index (χ4v) is 3.98. The van der Waals surface area contributed by atoms with E-state index < -0.39 is 0 Å². The van der Waals surface area contributed by atoms with Crippen molar-refractivity contribution >= 4 is 5.91 Å². The standard InChI is InChI=1S/C19H29N3O3/c1-14-4-3-5-15(21-14)12-22-9-6-18-17(13-22)16(7-10-25-18)19(23)20-8-11-24-2/h3-5,16-18H,6-13H2,1-2H3,(H,20,23)/t16-,17+,18-/m0/s1. The average Bonchev–Trinajstić information content (AvgIpc) is 2.61. The number of carbonyl (C=O) groups excluding carboxylic acids is 1. The van der Waals surface area contributed by atoms with Crippen molar-refractivity contribution in [3.63, 3.8) is 0 Å². The zero-order chi connectivity index (χ0) is 17.6. The second-order valence-electron chi connectivity index (χ2n) is 7.05. The summed E-state index contributed by atoms with van der Waals surface area (Å²) in [6, 6.07) is 6.15. The first-order valence-electron chi connectivity index (χ1n) is 9.20. The maximum atomic E-state index is 12.6. The molecular formula is C19H29N3O3. The van der Waals surface area contributed by atoms with Crippen molar-refractivity contribution in [2.45, 2.75) is 32.4 Å². The number of likely N-dealkylation sites (tertiary alicyclic amines) is 1. The van der Waals surface area contributed by atoms with E-state index in [2.05, 4.69) is 27.3 Å². The number of hydrogen-bond acceptors (Lipinski definition) is 5. The molecule has 1 amide bonds. The Bertz CT molecular complexity index is 581. The minimum Gasteiger partial charge on any atom is -0.383 e. The summed E-state index contributed by atoms with van der Waals surface area (Å²) >= 11 is 0. The maximum Gasteiger partial charge on any atom is 0.223 e. The number of methoxy groups -OCH3 is 1. The molecule has 3 heterocycles. The van der Waals surface area contributed by atoms with Crippen LogP contribution in [0.2, 0.25) is 0 Å². The number of ether oxygens (including phenoxy) is 2. The van der Waals surface area contributed by atoms with Crippen LogP contribution in [0.5, 0.6) is 0 Å². The van der Waals surface area contributed by atoms with E-state index in [9.17, 15) is 4.79 Å². The van der Waals surface area contributed by atoms with E-state index in [-0.39, 0.29) is 23.8 Å². The number of hydrogen-bond donors (Lipinski definition) is 1. The van der Waals surface area contributed by atoms with Crippen LogP contribution in [-0.4, -0.2) is 61.9 Å². The van der Waals surface area contributed by atoms with Gasteiger partial charge in [-0.1, -0.05) is 6.07 Å². The quantitative estimate of drug-likeness (QED) is 0.788. The lowest BCUT2D eigenvalue weighted by molar-refractivity contribution is -0.142. The molecule has 0 saturated carbocycles. The van der Waals surface area contributed by atoms with E-state index >= 15 is 0 Å². The highest BCUT2D eigenvalue weighted by Crippen LogP contribution is 2.33. The summed E-state index contributed by atoms with van der Waals surface area (Å²) in [5.74, 6) is 0.435. The Kier molecular flexibility index (Phi) is 6.39. The molecule has 0 aliphatic carbocycles. The van der Waals surface area contributed by atoms with Crippen LogP contribution in [0.3, 0.4) is 0 Å². The van der Waals surface area contributed by atoms with E-state index in [0.29, 0.717) is 19.8 Å². The Morgan fingerprint density at radius 3 is 3.12 bits per heavy atom. The van der Waals surface area contributed by atoms with Crippen molar-refractivity contribution in [2.75, 3.05) is 40.0 Å². The van der Waals surface area contributed by atoms with Gasteiger partial charge in [-0.25, -0.2) is 0 Å². The fourth-order valence-electron chi connectivity index (χ4n) is 3.98. The van der Waals surface area contributed by atoms with Crippen LogP contribution in [0.15, 0.2) is 18.2 Å². The maximum absolute atomic E-state index is 12.6. The molecule has 138 valence electrons. The molecule has 25 heavy (non-hydrogen) atoms. The van der Waals surface area contributed by atoms with Gasteiger partial charge in [0.1, 0.15) is 0 Å². The SMILES string of the molecule is COCCNC(=O)[C@H]1CCO[C@H]2CCN(Cc3cccc(C)n3)C[C@@H]21. The number of carbonyl (C=O) groups is 1. The summed E-state index contributed by atoms with van der Waals surface area (Å²) in [6.07, 6.45) is 1.99. The van der Waals surface area contributed by atoms with Crippen LogP contribution in [-0.2, 0) is 20.8 Å². The van der Waals surface area contributed by atoms with Crippen LogP contribution in [0.4, 0.5) is 0 Å². The molecule has 1 aromatic heterocycles. The first-order valence-corrected chi connectivity index (χ1v) is 9.20. The molecule has 0 radical (unpaired) electrons. The molecule has 0 spiro atoms. The highest BCUT2D eigenvalue weighted by molar-refractivity contribution is 5.79. The topological polar surface area (TPSA) is 63.7 Å². The number of aromatic nitrogens is 1. The highest BCUT2D eigenvalue weighted by Gasteiger charge is 2.41. The smallest absolute Gasteiger partial charge is 0.223 e. The minimum absolute atomic E-state index is 0.0314. The van der Waals surface area contributed by atoms with E-state index in [0.717, 1.165) is 43.9 Å². The zero-order valence-electron chi connectivity index (χ0n) is 15.2. The lowest BCUT2D eigenvalue weighted by atomic mass is 9.79. The monoisotopic (exact) mass is 347 g/mol. The van der Waals surface area contributed by atoms with Crippen molar-refractivity contribution in [3.05, 3.63) is 29.6 Å². The Morgan fingerprint density at radius 2 is 2.32 bits per heavy atom. The molecule has 2 aliphatic rings. The number of pyridine rings is 1. The number of fused-ring (bicyclic) bond motifs is 1. The van der Waals surface area contributed by atoms with E-state index in [1.54, 1.807) is 7.11 Å². The summed E-state index contributed by atoms with van der Waals surface area (Å²) in [5, 5.41) is 3.01. The van der Waals surface area contributed by atoms with Gasteiger partial charge in [-0.05, 0) is 31.9 Å². The average molecular weight is 347 g/mol. The normalized spacial score (nSPS) is 26.9. The number of nitrogens with zero attached hydrogens (tertiary/aromatic N) is 2. The first kappa shape index (κ1) is 18.3. The molecule has 0 bridgehead atoms. The Hall–Kier alpha value is -1.50. The molecule has 0 aromatic carbocycles. The van der Waals surface area contributed by atoms with E-state index in [1.807, 2.05) is 13.0 Å². The molecular weight excluding hydrogens is 318 g/mol. The molecule has 0 unspecified atom stereocenters. The van der Waals surface area contributed by atoms with E-state index in [4.69, 9.17) is 9.47 Å². The first-order chi connectivity index (χ1) is 12.2. The molecule has 1 aromatic rings. The molecule has 6 heteroatoms. The third kappa shape index (κ3) is 4.77. The summed E-state index contributed by atoms with van der Waals surface area (Å²) in [7, 11) is 1.65. The Morgan fingerprint density at radius 1 is 1.44 bits per heavy atom. The van der Waals surface area contributed by atoms with Crippen LogP contribution in [0, 0.1) is 18.8 Å². The third-order valence-electron chi connectivity index (χ3n) is 5.23. The van der Waals surface area contributed by atoms with Gasteiger partial charge < -0.3 is 14.8 Å². The van der Waals surface area contributed by atoms with Gasteiger partial charge >= 0.3 is 0 Å². The number of piperidine rings is 1. The predicted molar refractivity (Wildman–Crippen MR) is 95.1 cm³/mol. The van der Waals surface area contributed by atoms with Gasteiger partial charge in [0, 0.05) is 57.4 Å². The largest absolute Gasteiger partial charge is 0.383 e. The lowest BCUT2D eigenvalue weighted by Gasteiger charge is -2.44. The van der Waals surface area contributed by atoms with Crippen molar-refractivity contribution in [1.29, 1.82) is 0 Å². The molecule has 6 nitrogen and oxygen atoms in total. The molecule has 2 aliphatic heterocycles. The van der Waals surface area contributed by atoms with Gasteiger partial charge in [0.2, 0.25) is 5.91 Å². The van der Waals surface area contributed by atoms with Gasteiger partial charge in [0.15, 0.2) is 0 Å². The van der Waals surface area contributed by atoms with Crippen molar-refractivity contribution in [2.24, 2.45) is 11.8 Å². The second-order valence-corrected chi connectivity index (χ2v) is 7.05. The second kappa shape index (κ2) is 8.74. The van der Waals surface area contributed by atoms with Crippen LogP contribution < -0.4 is 5.32 Å². The molecule has 2 saturated heterocycles. The summed E-state index contributed by atoms with van der Waals surface area (Å²) in [4.78, 5) is 19.6. The van der Waals surface area contributed by atoms with Gasteiger partial charge in [-0.15, -0.1) is 0 Å².